The van der Waals surface area contributed by atoms with Crippen LogP contribution in [0.4, 0.5) is 0 Å². The van der Waals surface area contributed by atoms with E-state index in [1.807, 2.05) is 0 Å². The van der Waals surface area contributed by atoms with Crippen molar-refractivity contribution in [2.24, 2.45) is 0 Å². The molecular formula is C10H17NO2. The predicted molar refractivity (Wildman–Crippen MR) is 50.3 cm³/mol. The molecule has 74 valence electrons. The van der Waals surface area contributed by atoms with Gasteiger partial charge in [-0.15, -0.1) is 0 Å². The minimum atomic E-state index is -0.331. The van der Waals surface area contributed by atoms with Crippen LogP contribution in [0.25, 0.3) is 0 Å². The second kappa shape index (κ2) is 4.11. The summed E-state index contributed by atoms with van der Waals surface area (Å²) in [6.07, 6.45) is 5.82. The van der Waals surface area contributed by atoms with Gasteiger partial charge in [0.05, 0.1) is 19.0 Å². The average molecular weight is 183 g/mol. The highest BCUT2D eigenvalue weighted by atomic mass is 16.5. The van der Waals surface area contributed by atoms with E-state index in [1.165, 1.54) is 12.8 Å². The van der Waals surface area contributed by atoms with E-state index < -0.39 is 0 Å². The van der Waals surface area contributed by atoms with Crippen LogP contribution in [0.2, 0.25) is 0 Å². The molecule has 0 aromatic heterocycles. The van der Waals surface area contributed by atoms with Gasteiger partial charge in [-0.3, -0.25) is 0 Å². The molecule has 1 saturated heterocycles. The molecule has 13 heavy (non-hydrogen) atoms. The fourth-order valence-corrected chi connectivity index (χ4v) is 2.03. The summed E-state index contributed by atoms with van der Waals surface area (Å²) in [6.45, 7) is 1.77. The normalized spacial score (nSPS) is 30.8. The fourth-order valence-electron chi connectivity index (χ4n) is 2.03. The molecule has 2 N–H and O–H groups in total. The lowest BCUT2D eigenvalue weighted by atomic mass is 9.94. The van der Waals surface area contributed by atoms with Crippen LogP contribution in [0.3, 0.4) is 0 Å². The molecule has 1 fully saturated rings. The van der Waals surface area contributed by atoms with Crippen LogP contribution in [0.15, 0.2) is 11.8 Å². The Morgan fingerprint density at radius 1 is 1.54 bits per heavy atom. The molecule has 2 rings (SSSR count). The molecule has 0 aliphatic carbocycles. The van der Waals surface area contributed by atoms with Crippen molar-refractivity contribution in [1.82, 2.24) is 5.32 Å². The summed E-state index contributed by atoms with van der Waals surface area (Å²) in [4.78, 5) is 0. The monoisotopic (exact) mass is 183 g/mol. The van der Waals surface area contributed by atoms with Gasteiger partial charge in [0.1, 0.15) is 0 Å². The lowest BCUT2D eigenvalue weighted by Gasteiger charge is -2.28. The standard InChI is InChI=1S/C10H17NO2/c12-10(8-4-6-13-7-8)9-3-1-2-5-11-9/h7,9-12H,1-6H2. The molecule has 2 unspecified atom stereocenters. The quantitative estimate of drug-likeness (QED) is 0.665. The third-order valence-electron chi connectivity index (χ3n) is 2.85. The summed E-state index contributed by atoms with van der Waals surface area (Å²) in [5.74, 6) is 0. The molecule has 0 aromatic carbocycles. The van der Waals surface area contributed by atoms with E-state index >= 15 is 0 Å². The largest absolute Gasteiger partial charge is 0.501 e. The van der Waals surface area contributed by atoms with Crippen LogP contribution in [0.5, 0.6) is 0 Å². The number of rotatable bonds is 2. The molecule has 2 atom stereocenters. The molecule has 2 aliphatic rings. The van der Waals surface area contributed by atoms with E-state index in [0.717, 1.165) is 31.6 Å². The van der Waals surface area contributed by atoms with Crippen LogP contribution < -0.4 is 5.32 Å². The van der Waals surface area contributed by atoms with Gasteiger partial charge in [0, 0.05) is 12.5 Å². The molecule has 0 radical (unpaired) electrons. The van der Waals surface area contributed by atoms with E-state index in [4.69, 9.17) is 4.74 Å². The van der Waals surface area contributed by atoms with Gasteiger partial charge in [-0.25, -0.2) is 0 Å². The Balaban J connectivity index is 1.90. The van der Waals surface area contributed by atoms with Crippen molar-refractivity contribution < 1.29 is 9.84 Å². The van der Waals surface area contributed by atoms with Crippen molar-refractivity contribution in [3.8, 4) is 0 Å². The van der Waals surface area contributed by atoms with E-state index in [0.29, 0.717) is 0 Å². The van der Waals surface area contributed by atoms with Gasteiger partial charge in [-0.2, -0.15) is 0 Å². The van der Waals surface area contributed by atoms with Crippen LogP contribution >= 0.6 is 0 Å². The molecule has 2 aliphatic heterocycles. The molecule has 0 aromatic rings. The van der Waals surface area contributed by atoms with Gasteiger partial charge < -0.3 is 15.2 Å². The van der Waals surface area contributed by atoms with Crippen molar-refractivity contribution in [1.29, 1.82) is 0 Å². The lowest BCUT2D eigenvalue weighted by Crippen LogP contribution is -2.43. The zero-order chi connectivity index (χ0) is 9.10. The predicted octanol–water partition coefficient (Wildman–Crippen LogP) is 0.794. The summed E-state index contributed by atoms with van der Waals surface area (Å²) in [5.41, 5.74) is 1.06. The smallest absolute Gasteiger partial charge is 0.0936 e. The molecule has 0 spiro atoms. The van der Waals surface area contributed by atoms with E-state index in [1.54, 1.807) is 6.26 Å². The Morgan fingerprint density at radius 3 is 3.08 bits per heavy atom. The van der Waals surface area contributed by atoms with Crippen LogP contribution in [0, 0.1) is 0 Å². The first-order valence-electron chi connectivity index (χ1n) is 5.10. The average Bonchev–Trinajstić information content (AvgIpc) is 2.71. The zero-order valence-corrected chi connectivity index (χ0v) is 7.83. The van der Waals surface area contributed by atoms with Gasteiger partial charge in [-0.1, -0.05) is 6.42 Å². The van der Waals surface area contributed by atoms with E-state index in [2.05, 4.69) is 5.32 Å². The maximum Gasteiger partial charge on any atom is 0.0936 e. The van der Waals surface area contributed by atoms with Crippen molar-refractivity contribution in [2.75, 3.05) is 13.2 Å². The first kappa shape index (κ1) is 9.03. The zero-order valence-electron chi connectivity index (χ0n) is 7.83. The number of ether oxygens (including phenoxy) is 1. The highest BCUT2D eigenvalue weighted by Crippen LogP contribution is 2.21. The summed E-state index contributed by atoms with van der Waals surface area (Å²) >= 11 is 0. The van der Waals surface area contributed by atoms with E-state index in [-0.39, 0.29) is 12.1 Å². The van der Waals surface area contributed by atoms with Gasteiger partial charge in [0.25, 0.3) is 0 Å². The Morgan fingerprint density at radius 2 is 2.46 bits per heavy atom. The third kappa shape index (κ3) is 2.03. The van der Waals surface area contributed by atoms with Gasteiger partial charge in [0.2, 0.25) is 0 Å². The summed E-state index contributed by atoms with van der Waals surface area (Å²) in [5, 5.41) is 13.3. The minimum absolute atomic E-state index is 0.252. The molecule has 2 heterocycles. The van der Waals surface area contributed by atoms with Crippen LogP contribution in [-0.4, -0.2) is 30.4 Å². The molecular weight excluding hydrogens is 166 g/mol. The highest BCUT2D eigenvalue weighted by Gasteiger charge is 2.25. The number of hydrogen-bond donors (Lipinski definition) is 2. The number of piperidine rings is 1. The second-order valence-electron chi connectivity index (χ2n) is 3.81. The summed E-state index contributed by atoms with van der Waals surface area (Å²) in [6, 6.07) is 0.252. The Bertz CT molecular complexity index is 197. The van der Waals surface area contributed by atoms with Crippen molar-refractivity contribution in [3.05, 3.63) is 11.8 Å². The highest BCUT2D eigenvalue weighted by molar-refractivity contribution is 5.11. The fraction of sp³-hybridized carbons (Fsp3) is 0.800. The van der Waals surface area contributed by atoms with Crippen LogP contribution in [0.1, 0.15) is 25.7 Å². The number of aliphatic hydroxyl groups excluding tert-OH is 1. The Kier molecular flexibility index (Phi) is 2.86. The molecule has 0 bridgehead atoms. The Hall–Kier alpha value is -0.540. The van der Waals surface area contributed by atoms with Gasteiger partial charge in [-0.05, 0) is 25.0 Å². The molecule has 3 nitrogen and oxygen atoms in total. The molecule has 3 heteroatoms. The second-order valence-corrected chi connectivity index (χ2v) is 3.81. The number of hydrogen-bond acceptors (Lipinski definition) is 3. The summed E-state index contributed by atoms with van der Waals surface area (Å²) in [7, 11) is 0. The van der Waals surface area contributed by atoms with Crippen molar-refractivity contribution in [2.45, 2.75) is 37.8 Å². The summed E-state index contributed by atoms with van der Waals surface area (Å²) < 4.78 is 5.12. The van der Waals surface area contributed by atoms with Gasteiger partial charge >= 0.3 is 0 Å². The first-order chi connectivity index (χ1) is 6.38. The Labute approximate surface area is 78.8 Å². The minimum Gasteiger partial charge on any atom is -0.501 e. The third-order valence-corrected chi connectivity index (χ3v) is 2.85. The van der Waals surface area contributed by atoms with Crippen molar-refractivity contribution in [3.63, 3.8) is 0 Å². The maximum absolute atomic E-state index is 9.96. The SMILES string of the molecule is OC(C1=COCC1)C1CCCCN1. The number of nitrogens with one attached hydrogen (secondary N) is 1. The first-order valence-corrected chi connectivity index (χ1v) is 5.10. The van der Waals surface area contributed by atoms with Crippen molar-refractivity contribution >= 4 is 0 Å². The van der Waals surface area contributed by atoms with E-state index in [9.17, 15) is 5.11 Å². The maximum atomic E-state index is 9.96. The molecule has 0 amide bonds. The molecule has 0 saturated carbocycles. The van der Waals surface area contributed by atoms with Crippen LogP contribution in [-0.2, 0) is 4.74 Å². The topological polar surface area (TPSA) is 41.5 Å². The number of aliphatic hydroxyl groups is 1. The van der Waals surface area contributed by atoms with Gasteiger partial charge in [0.15, 0.2) is 0 Å². The lowest BCUT2D eigenvalue weighted by molar-refractivity contribution is 0.142.